The van der Waals surface area contributed by atoms with Crippen molar-refractivity contribution in [1.82, 2.24) is 10.2 Å². The molecule has 0 unspecified atom stereocenters. The van der Waals surface area contributed by atoms with Crippen LogP contribution in [0.25, 0.3) is 0 Å². The number of hydrogen-bond donors (Lipinski definition) is 1. The summed E-state index contributed by atoms with van der Waals surface area (Å²) in [5.74, 6) is 0. The van der Waals surface area contributed by atoms with Gasteiger partial charge in [0.05, 0.1) is 13.2 Å². The van der Waals surface area contributed by atoms with Crippen LogP contribution in [0.2, 0.25) is 0 Å². The average Bonchev–Trinajstić information content (AvgIpc) is 2.37. The van der Waals surface area contributed by atoms with Crippen LogP contribution in [0, 0.1) is 0 Å². The van der Waals surface area contributed by atoms with Crippen LogP contribution in [-0.4, -0.2) is 50.3 Å². The van der Waals surface area contributed by atoms with Gasteiger partial charge in [-0.2, -0.15) is 0 Å². The molecule has 0 radical (unpaired) electrons. The van der Waals surface area contributed by atoms with Gasteiger partial charge < -0.3 is 10.1 Å². The molecule has 1 N–H and O–H groups in total. The largest absolute Gasteiger partial charge is 0.379 e. The number of hydrogen-bond acceptors (Lipinski definition) is 3. The van der Waals surface area contributed by atoms with E-state index < -0.39 is 0 Å². The van der Waals surface area contributed by atoms with Crippen molar-refractivity contribution in [3.63, 3.8) is 0 Å². The third kappa shape index (κ3) is 12.3. The molecule has 0 spiro atoms. The van der Waals surface area contributed by atoms with Gasteiger partial charge in [0.2, 0.25) is 0 Å². The lowest BCUT2D eigenvalue weighted by atomic mass is 10.2. The van der Waals surface area contributed by atoms with Crippen LogP contribution >= 0.6 is 0 Å². The van der Waals surface area contributed by atoms with Gasteiger partial charge in [-0.15, -0.1) is 0 Å². The smallest absolute Gasteiger partial charge is 0.0594 e. The molecule has 1 aliphatic rings. The van der Waals surface area contributed by atoms with Crippen molar-refractivity contribution < 1.29 is 4.74 Å². The van der Waals surface area contributed by atoms with E-state index in [4.69, 9.17) is 4.74 Å². The third-order valence-corrected chi connectivity index (χ3v) is 2.98. The molecule has 0 aromatic heterocycles. The van der Waals surface area contributed by atoms with E-state index >= 15 is 0 Å². The van der Waals surface area contributed by atoms with Gasteiger partial charge in [-0.05, 0) is 25.9 Å². The Hall–Kier alpha value is -0.120. The standard InChI is InChI=1S/C8H19N.C7H15NO/c1-4-5-6-7-9-8(2)3;1-2-3-8-4-6-9-7-5-8/h8-9H,4-7H2,1-3H3;2-7H2,1H3. The molecular weight excluding hydrogens is 224 g/mol. The monoisotopic (exact) mass is 258 g/mol. The lowest BCUT2D eigenvalue weighted by molar-refractivity contribution is 0.0380. The zero-order valence-corrected chi connectivity index (χ0v) is 13.0. The Labute approximate surface area is 114 Å². The Morgan fingerprint density at radius 1 is 1.06 bits per heavy atom. The van der Waals surface area contributed by atoms with Gasteiger partial charge in [0.25, 0.3) is 0 Å². The highest BCUT2D eigenvalue weighted by atomic mass is 16.5. The van der Waals surface area contributed by atoms with Crippen molar-refractivity contribution in [2.45, 2.75) is 59.4 Å². The molecule has 1 saturated heterocycles. The molecule has 0 aromatic rings. The SMILES string of the molecule is CCCCCNC(C)C.CCCN1CCOCC1. The molecule has 0 atom stereocenters. The van der Waals surface area contributed by atoms with Crippen LogP contribution in [0.1, 0.15) is 53.4 Å². The fraction of sp³-hybridized carbons (Fsp3) is 1.00. The van der Waals surface area contributed by atoms with E-state index in [-0.39, 0.29) is 0 Å². The average molecular weight is 258 g/mol. The quantitative estimate of drug-likeness (QED) is 0.711. The summed E-state index contributed by atoms with van der Waals surface area (Å²) in [5, 5.41) is 3.38. The lowest BCUT2D eigenvalue weighted by Gasteiger charge is -2.25. The van der Waals surface area contributed by atoms with E-state index in [2.05, 4.69) is 37.9 Å². The summed E-state index contributed by atoms with van der Waals surface area (Å²) in [6.07, 6.45) is 5.27. The molecule has 1 rings (SSSR count). The van der Waals surface area contributed by atoms with Crippen LogP contribution in [0.5, 0.6) is 0 Å². The zero-order chi connectivity index (χ0) is 13.6. The first kappa shape index (κ1) is 17.9. The summed E-state index contributed by atoms with van der Waals surface area (Å²) in [5.41, 5.74) is 0. The maximum atomic E-state index is 5.20. The fourth-order valence-electron chi connectivity index (χ4n) is 1.91. The molecule has 0 aliphatic carbocycles. The normalized spacial score (nSPS) is 16.5. The first-order chi connectivity index (χ1) is 8.70. The predicted octanol–water partition coefficient (Wildman–Crippen LogP) is 2.90. The highest BCUT2D eigenvalue weighted by molar-refractivity contribution is 4.59. The van der Waals surface area contributed by atoms with E-state index in [0.717, 1.165) is 26.3 Å². The maximum Gasteiger partial charge on any atom is 0.0594 e. The fourth-order valence-corrected chi connectivity index (χ4v) is 1.91. The lowest BCUT2D eigenvalue weighted by Crippen LogP contribution is -2.36. The van der Waals surface area contributed by atoms with Gasteiger partial charge >= 0.3 is 0 Å². The number of morpholine rings is 1. The van der Waals surface area contributed by atoms with E-state index in [0.29, 0.717) is 6.04 Å². The van der Waals surface area contributed by atoms with Gasteiger partial charge in [0.15, 0.2) is 0 Å². The van der Waals surface area contributed by atoms with Crippen molar-refractivity contribution in [2.75, 3.05) is 39.4 Å². The molecule has 18 heavy (non-hydrogen) atoms. The summed E-state index contributed by atoms with van der Waals surface area (Å²) >= 11 is 0. The van der Waals surface area contributed by atoms with Crippen LogP contribution < -0.4 is 5.32 Å². The van der Waals surface area contributed by atoms with Crippen molar-refractivity contribution in [1.29, 1.82) is 0 Å². The first-order valence-electron chi connectivity index (χ1n) is 7.74. The number of ether oxygens (including phenoxy) is 1. The Balaban J connectivity index is 0.000000321. The third-order valence-electron chi connectivity index (χ3n) is 2.98. The van der Waals surface area contributed by atoms with Gasteiger partial charge in [-0.3, -0.25) is 4.90 Å². The first-order valence-corrected chi connectivity index (χ1v) is 7.74. The minimum Gasteiger partial charge on any atom is -0.379 e. The summed E-state index contributed by atoms with van der Waals surface area (Å²) < 4.78 is 5.20. The van der Waals surface area contributed by atoms with Crippen LogP contribution in [0.15, 0.2) is 0 Å². The number of nitrogens with zero attached hydrogens (tertiary/aromatic N) is 1. The van der Waals surface area contributed by atoms with E-state index in [9.17, 15) is 0 Å². The Morgan fingerprint density at radius 2 is 1.72 bits per heavy atom. The molecular formula is C15H34N2O. The maximum absolute atomic E-state index is 5.20. The van der Waals surface area contributed by atoms with Gasteiger partial charge in [0.1, 0.15) is 0 Å². The van der Waals surface area contributed by atoms with Crippen molar-refractivity contribution in [3.8, 4) is 0 Å². The molecule has 1 heterocycles. The minimum atomic E-state index is 0.654. The second-order valence-electron chi connectivity index (χ2n) is 5.27. The topological polar surface area (TPSA) is 24.5 Å². The van der Waals surface area contributed by atoms with Crippen LogP contribution in [0.4, 0.5) is 0 Å². The zero-order valence-electron chi connectivity index (χ0n) is 13.0. The van der Waals surface area contributed by atoms with Crippen LogP contribution in [-0.2, 0) is 4.74 Å². The minimum absolute atomic E-state index is 0.654. The highest BCUT2D eigenvalue weighted by Crippen LogP contribution is 1.96. The Kier molecular flexibility index (Phi) is 13.2. The predicted molar refractivity (Wildman–Crippen MR) is 80.2 cm³/mol. The van der Waals surface area contributed by atoms with Gasteiger partial charge in [0, 0.05) is 19.1 Å². The van der Waals surface area contributed by atoms with E-state index in [1.807, 2.05) is 0 Å². The van der Waals surface area contributed by atoms with E-state index in [1.54, 1.807) is 0 Å². The number of unbranched alkanes of at least 4 members (excludes halogenated alkanes) is 2. The van der Waals surface area contributed by atoms with Gasteiger partial charge in [-0.1, -0.05) is 40.5 Å². The molecule has 0 amide bonds. The molecule has 110 valence electrons. The molecule has 3 heteroatoms. The molecule has 3 nitrogen and oxygen atoms in total. The van der Waals surface area contributed by atoms with E-state index in [1.165, 1.54) is 38.8 Å². The second-order valence-corrected chi connectivity index (χ2v) is 5.27. The molecule has 1 fully saturated rings. The number of rotatable bonds is 7. The summed E-state index contributed by atoms with van der Waals surface area (Å²) in [6, 6.07) is 0.654. The summed E-state index contributed by atoms with van der Waals surface area (Å²) in [4.78, 5) is 2.45. The van der Waals surface area contributed by atoms with Crippen molar-refractivity contribution in [2.24, 2.45) is 0 Å². The summed E-state index contributed by atoms with van der Waals surface area (Å²) in [7, 11) is 0. The Bertz CT molecular complexity index is 154. The van der Waals surface area contributed by atoms with Gasteiger partial charge in [-0.25, -0.2) is 0 Å². The molecule has 0 aromatic carbocycles. The molecule has 0 saturated carbocycles. The second kappa shape index (κ2) is 13.3. The number of nitrogens with one attached hydrogen (secondary N) is 1. The summed E-state index contributed by atoms with van der Waals surface area (Å²) in [6.45, 7) is 15.4. The Morgan fingerprint density at radius 3 is 2.22 bits per heavy atom. The van der Waals surface area contributed by atoms with Crippen LogP contribution in [0.3, 0.4) is 0 Å². The molecule has 0 bridgehead atoms. The van der Waals surface area contributed by atoms with Crippen molar-refractivity contribution in [3.05, 3.63) is 0 Å². The molecule has 1 aliphatic heterocycles. The van der Waals surface area contributed by atoms with Crippen molar-refractivity contribution >= 4 is 0 Å². The highest BCUT2D eigenvalue weighted by Gasteiger charge is 2.07.